The second-order valence-corrected chi connectivity index (χ2v) is 4.72. The van der Waals surface area contributed by atoms with Crippen molar-refractivity contribution in [2.45, 2.75) is 25.4 Å². The smallest absolute Gasteiger partial charge is 0.416 e. The molecule has 1 aromatic heterocycles. The first kappa shape index (κ1) is 13.6. The number of carboxylic acid groups (broad SMARTS) is 1. The highest BCUT2D eigenvalue weighted by atomic mass is 19.4. The third kappa shape index (κ3) is 2.80. The van der Waals surface area contributed by atoms with Gasteiger partial charge in [-0.25, -0.2) is 4.98 Å². The van der Waals surface area contributed by atoms with E-state index in [1.165, 1.54) is 0 Å². The number of anilines is 1. The number of carbonyl (C=O) groups is 1. The molecule has 0 aromatic carbocycles. The fourth-order valence-electron chi connectivity index (χ4n) is 2.03. The molecule has 0 aliphatic heterocycles. The maximum atomic E-state index is 12.5. The summed E-state index contributed by atoms with van der Waals surface area (Å²) in [5.74, 6) is -0.874. The molecule has 1 aliphatic carbocycles. The highest BCUT2D eigenvalue weighted by Crippen LogP contribution is 2.41. The van der Waals surface area contributed by atoms with E-state index in [1.54, 1.807) is 0 Å². The number of rotatable bonds is 4. The van der Waals surface area contributed by atoms with Crippen LogP contribution < -0.4 is 5.32 Å². The minimum Gasteiger partial charge on any atom is -0.481 e. The van der Waals surface area contributed by atoms with Crippen molar-refractivity contribution < 1.29 is 23.1 Å². The number of nitrogens with one attached hydrogen (secondary N) is 1. The number of carboxylic acids is 1. The van der Waals surface area contributed by atoms with Crippen LogP contribution >= 0.6 is 0 Å². The Labute approximate surface area is 107 Å². The number of pyridine rings is 1. The van der Waals surface area contributed by atoms with Crippen LogP contribution in [0.3, 0.4) is 0 Å². The number of halogens is 3. The van der Waals surface area contributed by atoms with Crippen LogP contribution in [0.15, 0.2) is 18.3 Å². The van der Waals surface area contributed by atoms with Gasteiger partial charge in [-0.1, -0.05) is 6.42 Å². The largest absolute Gasteiger partial charge is 0.481 e. The van der Waals surface area contributed by atoms with Crippen LogP contribution in [0, 0.1) is 5.41 Å². The van der Waals surface area contributed by atoms with E-state index in [1.807, 2.05) is 0 Å². The van der Waals surface area contributed by atoms with Gasteiger partial charge in [0.25, 0.3) is 0 Å². The van der Waals surface area contributed by atoms with Gasteiger partial charge >= 0.3 is 12.1 Å². The number of aliphatic carboxylic acids is 1. The van der Waals surface area contributed by atoms with Crippen molar-refractivity contribution in [2.75, 3.05) is 11.9 Å². The summed E-state index contributed by atoms with van der Waals surface area (Å²) < 4.78 is 37.5. The SMILES string of the molecule is O=C(O)C1(CNc2cc(C(F)(F)F)ccn2)CCC1. The summed E-state index contributed by atoms with van der Waals surface area (Å²) in [5, 5.41) is 11.8. The Hall–Kier alpha value is -1.79. The zero-order chi connectivity index (χ0) is 14.1. The zero-order valence-electron chi connectivity index (χ0n) is 10.00. The highest BCUT2D eigenvalue weighted by molar-refractivity contribution is 5.76. The maximum absolute atomic E-state index is 12.5. The first-order valence-corrected chi connectivity index (χ1v) is 5.84. The van der Waals surface area contributed by atoms with E-state index in [0.29, 0.717) is 12.8 Å². The standard InChI is InChI=1S/C12H13F3N2O2/c13-12(14,15)8-2-5-16-9(6-8)17-7-11(10(18)19)3-1-4-11/h2,5-6H,1,3-4,7H2,(H,16,17)(H,18,19). The predicted octanol–water partition coefficient (Wildman–Crippen LogP) is 2.77. The van der Waals surface area contributed by atoms with E-state index in [-0.39, 0.29) is 12.4 Å². The Balaban J connectivity index is 2.06. The lowest BCUT2D eigenvalue weighted by Gasteiger charge is -2.37. The summed E-state index contributed by atoms with van der Waals surface area (Å²) >= 11 is 0. The summed E-state index contributed by atoms with van der Waals surface area (Å²) in [4.78, 5) is 14.9. The van der Waals surface area contributed by atoms with Gasteiger partial charge in [0.15, 0.2) is 0 Å². The summed E-state index contributed by atoms with van der Waals surface area (Å²) in [5.41, 5.74) is -1.67. The Kier molecular flexibility index (Phi) is 3.38. The van der Waals surface area contributed by atoms with Gasteiger partial charge in [0.1, 0.15) is 5.82 Å². The van der Waals surface area contributed by atoms with E-state index < -0.39 is 23.1 Å². The minimum absolute atomic E-state index is 0.0438. The lowest BCUT2D eigenvalue weighted by molar-refractivity contribution is -0.153. The maximum Gasteiger partial charge on any atom is 0.416 e. The number of alkyl halides is 3. The van der Waals surface area contributed by atoms with Gasteiger partial charge in [0.05, 0.1) is 11.0 Å². The first-order valence-electron chi connectivity index (χ1n) is 5.84. The third-order valence-corrected chi connectivity index (χ3v) is 3.46. The number of hydrogen-bond acceptors (Lipinski definition) is 3. The Bertz CT molecular complexity index is 484. The lowest BCUT2D eigenvalue weighted by Crippen LogP contribution is -2.43. The quantitative estimate of drug-likeness (QED) is 0.886. The van der Waals surface area contributed by atoms with Crippen LogP contribution in [0.4, 0.5) is 19.0 Å². The molecular formula is C12H13F3N2O2. The fraction of sp³-hybridized carbons (Fsp3) is 0.500. The van der Waals surface area contributed by atoms with Crippen molar-refractivity contribution in [2.24, 2.45) is 5.41 Å². The molecule has 1 saturated carbocycles. The summed E-state index contributed by atoms with van der Waals surface area (Å²) in [6.07, 6.45) is -1.48. The van der Waals surface area contributed by atoms with Crippen LogP contribution in [-0.4, -0.2) is 22.6 Å². The molecule has 2 N–H and O–H groups in total. The van der Waals surface area contributed by atoms with Gasteiger partial charge in [0, 0.05) is 12.7 Å². The molecule has 0 spiro atoms. The fourth-order valence-corrected chi connectivity index (χ4v) is 2.03. The van der Waals surface area contributed by atoms with Gasteiger partial charge in [-0.05, 0) is 25.0 Å². The van der Waals surface area contributed by atoms with Crippen LogP contribution in [0.25, 0.3) is 0 Å². The molecule has 0 bridgehead atoms. The van der Waals surface area contributed by atoms with Gasteiger partial charge in [0.2, 0.25) is 0 Å². The monoisotopic (exact) mass is 274 g/mol. The number of aromatic nitrogens is 1. The summed E-state index contributed by atoms with van der Waals surface area (Å²) in [6.45, 7) is 0.0939. The van der Waals surface area contributed by atoms with Crippen LogP contribution in [0.1, 0.15) is 24.8 Å². The Morgan fingerprint density at radius 3 is 2.63 bits per heavy atom. The minimum atomic E-state index is -4.43. The van der Waals surface area contributed by atoms with Crippen molar-refractivity contribution in [3.8, 4) is 0 Å². The molecule has 0 saturated heterocycles. The molecule has 0 radical (unpaired) electrons. The van der Waals surface area contributed by atoms with E-state index in [4.69, 9.17) is 5.11 Å². The number of hydrogen-bond donors (Lipinski definition) is 2. The van der Waals surface area contributed by atoms with Gasteiger partial charge in [-0.15, -0.1) is 0 Å². The Morgan fingerprint density at radius 2 is 2.16 bits per heavy atom. The molecule has 0 amide bonds. The van der Waals surface area contributed by atoms with E-state index in [9.17, 15) is 18.0 Å². The molecule has 1 aromatic rings. The normalized spacial score (nSPS) is 17.6. The predicted molar refractivity (Wildman–Crippen MR) is 61.6 cm³/mol. The molecule has 2 rings (SSSR count). The molecule has 0 unspecified atom stereocenters. The molecule has 4 nitrogen and oxygen atoms in total. The molecule has 19 heavy (non-hydrogen) atoms. The average molecular weight is 274 g/mol. The van der Waals surface area contributed by atoms with Crippen LogP contribution in [0.5, 0.6) is 0 Å². The van der Waals surface area contributed by atoms with Crippen molar-refractivity contribution in [3.05, 3.63) is 23.9 Å². The molecule has 1 fully saturated rings. The molecule has 1 heterocycles. The third-order valence-electron chi connectivity index (χ3n) is 3.46. The second-order valence-electron chi connectivity index (χ2n) is 4.72. The topological polar surface area (TPSA) is 62.2 Å². The van der Waals surface area contributed by atoms with E-state index >= 15 is 0 Å². The van der Waals surface area contributed by atoms with Crippen LogP contribution in [-0.2, 0) is 11.0 Å². The average Bonchev–Trinajstić information content (AvgIpc) is 2.26. The Morgan fingerprint density at radius 1 is 1.47 bits per heavy atom. The van der Waals surface area contributed by atoms with E-state index in [0.717, 1.165) is 24.8 Å². The molecule has 7 heteroatoms. The zero-order valence-corrected chi connectivity index (χ0v) is 10.00. The first-order chi connectivity index (χ1) is 8.83. The van der Waals surface area contributed by atoms with E-state index in [2.05, 4.69) is 10.3 Å². The van der Waals surface area contributed by atoms with Crippen LogP contribution in [0.2, 0.25) is 0 Å². The molecule has 0 atom stereocenters. The van der Waals surface area contributed by atoms with Gasteiger partial charge in [-0.2, -0.15) is 13.2 Å². The van der Waals surface area contributed by atoms with Gasteiger partial charge in [-0.3, -0.25) is 4.79 Å². The van der Waals surface area contributed by atoms with Crippen molar-refractivity contribution >= 4 is 11.8 Å². The molecule has 104 valence electrons. The summed E-state index contributed by atoms with van der Waals surface area (Å²) in [7, 11) is 0. The summed E-state index contributed by atoms with van der Waals surface area (Å²) in [6, 6.07) is 1.76. The van der Waals surface area contributed by atoms with Crippen molar-refractivity contribution in [1.29, 1.82) is 0 Å². The van der Waals surface area contributed by atoms with Gasteiger partial charge < -0.3 is 10.4 Å². The molecular weight excluding hydrogens is 261 g/mol. The second kappa shape index (κ2) is 4.71. The van der Waals surface area contributed by atoms with Crippen molar-refractivity contribution in [1.82, 2.24) is 4.98 Å². The van der Waals surface area contributed by atoms with Crippen molar-refractivity contribution in [3.63, 3.8) is 0 Å². The molecule has 1 aliphatic rings. The highest BCUT2D eigenvalue weighted by Gasteiger charge is 2.44. The number of nitrogens with zero attached hydrogens (tertiary/aromatic N) is 1. The lowest BCUT2D eigenvalue weighted by atomic mass is 9.69.